The van der Waals surface area contributed by atoms with E-state index >= 15 is 0 Å². The molecule has 9 heteroatoms. The van der Waals surface area contributed by atoms with Crippen molar-refractivity contribution in [3.63, 3.8) is 0 Å². The molecule has 2 unspecified atom stereocenters. The summed E-state index contributed by atoms with van der Waals surface area (Å²) in [5.41, 5.74) is 5.20. The molecule has 1 aliphatic carbocycles. The lowest BCUT2D eigenvalue weighted by molar-refractivity contribution is -0.143. The van der Waals surface area contributed by atoms with E-state index in [1.807, 2.05) is 67.7 Å². The molecule has 208 valence electrons. The van der Waals surface area contributed by atoms with Gasteiger partial charge in [0.2, 0.25) is 0 Å². The van der Waals surface area contributed by atoms with Gasteiger partial charge in [-0.2, -0.15) is 0 Å². The van der Waals surface area contributed by atoms with Crippen LogP contribution in [0.5, 0.6) is 5.75 Å². The fraction of sp³-hybridized carbons (Fsp3) is 0.387. The molecule has 40 heavy (non-hydrogen) atoms. The summed E-state index contributed by atoms with van der Waals surface area (Å²) in [6.07, 6.45) is 5.03. The second kappa shape index (κ2) is 10.5. The number of carbonyl (C=O) groups is 1. The third-order valence-corrected chi connectivity index (χ3v) is 7.98. The number of alkyl halides is 2. The number of benzene rings is 2. The SMILES string of the molecule is Cc1ccc(COc2ccc3nc(C4CCCCC4C(=O)O)n(Cc4cccc(N5CC(F)(F)C5)c4)c3c2)nc1. The van der Waals surface area contributed by atoms with Crippen molar-refractivity contribution in [2.24, 2.45) is 5.92 Å². The average molecular weight is 547 g/mol. The van der Waals surface area contributed by atoms with Crippen molar-refractivity contribution in [1.29, 1.82) is 0 Å². The van der Waals surface area contributed by atoms with Crippen LogP contribution in [0, 0.1) is 12.8 Å². The van der Waals surface area contributed by atoms with Gasteiger partial charge in [-0.05, 0) is 61.2 Å². The van der Waals surface area contributed by atoms with Crippen LogP contribution in [0.1, 0.15) is 54.2 Å². The number of pyridine rings is 1. The van der Waals surface area contributed by atoms with E-state index in [1.165, 1.54) is 0 Å². The summed E-state index contributed by atoms with van der Waals surface area (Å²) in [5, 5.41) is 10.0. The molecule has 1 saturated carbocycles. The van der Waals surface area contributed by atoms with Crippen molar-refractivity contribution in [1.82, 2.24) is 14.5 Å². The first-order chi connectivity index (χ1) is 19.3. The minimum atomic E-state index is -2.65. The van der Waals surface area contributed by atoms with Gasteiger partial charge < -0.3 is 19.3 Å². The van der Waals surface area contributed by atoms with Crippen molar-refractivity contribution in [3.05, 3.63) is 83.4 Å². The number of carboxylic acid groups (broad SMARTS) is 1. The Morgan fingerprint density at radius 1 is 1.10 bits per heavy atom. The van der Waals surface area contributed by atoms with E-state index < -0.39 is 17.8 Å². The minimum Gasteiger partial charge on any atom is -0.487 e. The number of ether oxygens (including phenoxy) is 1. The van der Waals surface area contributed by atoms with E-state index in [4.69, 9.17) is 9.72 Å². The van der Waals surface area contributed by atoms with Gasteiger partial charge in [-0.15, -0.1) is 0 Å². The molecule has 6 rings (SSSR count). The number of rotatable bonds is 8. The van der Waals surface area contributed by atoms with Gasteiger partial charge in [0.15, 0.2) is 0 Å². The zero-order valence-electron chi connectivity index (χ0n) is 22.4. The standard InChI is InChI=1S/C31H32F2N4O3/c1-20-9-10-22(34-15-20)17-40-24-11-12-27-28(14-24)37(29(35-27)25-7-2-3-8-26(25)30(38)39)16-21-5-4-6-23(13-21)36-18-31(32,33)19-36/h4-6,9-15,25-26H,2-3,7-8,16-19H2,1H3,(H,38,39). The monoisotopic (exact) mass is 546 g/mol. The van der Waals surface area contributed by atoms with Gasteiger partial charge in [0.05, 0.1) is 35.7 Å². The number of aromatic nitrogens is 3. The van der Waals surface area contributed by atoms with Gasteiger partial charge in [0.1, 0.15) is 18.2 Å². The molecule has 2 fully saturated rings. The number of aliphatic carboxylic acids is 1. The summed E-state index contributed by atoms with van der Waals surface area (Å²) < 4.78 is 35.2. The highest BCUT2D eigenvalue weighted by atomic mass is 19.3. The van der Waals surface area contributed by atoms with Crippen molar-refractivity contribution in [2.75, 3.05) is 18.0 Å². The molecule has 0 bridgehead atoms. The number of nitrogens with zero attached hydrogens (tertiary/aromatic N) is 4. The zero-order chi connectivity index (χ0) is 27.9. The molecule has 4 aromatic rings. The topological polar surface area (TPSA) is 80.5 Å². The van der Waals surface area contributed by atoms with E-state index in [9.17, 15) is 18.7 Å². The first-order valence-electron chi connectivity index (χ1n) is 13.7. The molecule has 0 amide bonds. The number of fused-ring (bicyclic) bond motifs is 1. The summed E-state index contributed by atoms with van der Waals surface area (Å²) in [4.78, 5) is 23.2. The normalized spacial score (nSPS) is 20.3. The van der Waals surface area contributed by atoms with Gasteiger partial charge in [-0.1, -0.05) is 31.0 Å². The highest BCUT2D eigenvalue weighted by Gasteiger charge is 2.44. The molecule has 2 aromatic carbocycles. The van der Waals surface area contributed by atoms with Crippen molar-refractivity contribution in [3.8, 4) is 5.75 Å². The Kier molecular flexibility index (Phi) is 6.90. The molecular formula is C31H32F2N4O3. The van der Waals surface area contributed by atoms with Gasteiger partial charge >= 0.3 is 5.97 Å². The van der Waals surface area contributed by atoms with Crippen LogP contribution >= 0.6 is 0 Å². The Bertz CT molecular complexity index is 1530. The first kappa shape index (κ1) is 26.2. The van der Waals surface area contributed by atoms with Crippen LogP contribution < -0.4 is 9.64 Å². The van der Waals surface area contributed by atoms with Crippen LogP contribution in [-0.4, -0.2) is 44.6 Å². The Morgan fingerprint density at radius 3 is 2.67 bits per heavy atom. The van der Waals surface area contributed by atoms with Crippen LogP contribution in [0.2, 0.25) is 0 Å². The maximum atomic E-state index is 13.5. The summed E-state index contributed by atoms with van der Waals surface area (Å²) in [6, 6.07) is 17.3. The van der Waals surface area contributed by atoms with Crippen LogP contribution in [0.25, 0.3) is 11.0 Å². The summed E-state index contributed by atoms with van der Waals surface area (Å²) >= 11 is 0. The van der Waals surface area contributed by atoms with E-state index in [0.717, 1.165) is 58.6 Å². The molecule has 1 saturated heterocycles. The number of hydrogen-bond donors (Lipinski definition) is 1. The Hall–Kier alpha value is -4.01. The van der Waals surface area contributed by atoms with Crippen LogP contribution in [-0.2, 0) is 17.9 Å². The lowest BCUT2D eigenvalue weighted by atomic mass is 9.78. The maximum Gasteiger partial charge on any atom is 0.307 e. The fourth-order valence-electron chi connectivity index (χ4n) is 5.87. The largest absolute Gasteiger partial charge is 0.487 e. The second-order valence-electron chi connectivity index (χ2n) is 11.0. The number of halogens is 2. The highest BCUT2D eigenvalue weighted by molar-refractivity contribution is 5.79. The molecule has 2 atom stereocenters. The number of hydrogen-bond acceptors (Lipinski definition) is 5. The molecule has 1 aliphatic heterocycles. The third-order valence-electron chi connectivity index (χ3n) is 7.98. The van der Waals surface area contributed by atoms with Crippen molar-refractivity contribution in [2.45, 2.75) is 57.6 Å². The van der Waals surface area contributed by atoms with Crippen LogP contribution in [0.4, 0.5) is 14.5 Å². The number of imidazole rings is 1. The number of aryl methyl sites for hydroxylation is 1. The van der Waals surface area contributed by atoms with Gasteiger partial charge in [0.25, 0.3) is 5.92 Å². The zero-order valence-corrected chi connectivity index (χ0v) is 22.4. The second-order valence-corrected chi connectivity index (χ2v) is 11.0. The molecular weight excluding hydrogens is 514 g/mol. The van der Waals surface area contributed by atoms with Crippen LogP contribution in [0.15, 0.2) is 60.8 Å². The predicted octanol–water partition coefficient (Wildman–Crippen LogP) is 6.18. The van der Waals surface area contributed by atoms with E-state index in [2.05, 4.69) is 9.55 Å². The van der Waals surface area contributed by atoms with E-state index in [-0.39, 0.29) is 19.0 Å². The summed E-state index contributed by atoms with van der Waals surface area (Å²) in [7, 11) is 0. The van der Waals surface area contributed by atoms with Gasteiger partial charge in [0, 0.05) is 30.4 Å². The van der Waals surface area contributed by atoms with E-state index in [0.29, 0.717) is 25.3 Å². The Balaban J connectivity index is 1.35. The molecule has 1 N–H and O–H groups in total. The third kappa shape index (κ3) is 5.37. The predicted molar refractivity (Wildman–Crippen MR) is 148 cm³/mol. The molecule has 2 aromatic heterocycles. The Morgan fingerprint density at radius 2 is 1.93 bits per heavy atom. The summed E-state index contributed by atoms with van der Waals surface area (Å²) in [6.45, 7) is 2.18. The Labute approximate surface area is 231 Å². The maximum absolute atomic E-state index is 13.5. The molecule has 2 aliphatic rings. The lowest BCUT2D eigenvalue weighted by Gasteiger charge is -2.40. The quantitative estimate of drug-likeness (QED) is 0.284. The number of carboxylic acids is 1. The van der Waals surface area contributed by atoms with Crippen molar-refractivity contribution >= 4 is 22.7 Å². The summed E-state index contributed by atoms with van der Waals surface area (Å²) in [5.74, 6) is -2.74. The first-order valence-corrected chi connectivity index (χ1v) is 13.7. The molecule has 7 nitrogen and oxygen atoms in total. The molecule has 0 spiro atoms. The van der Waals surface area contributed by atoms with Gasteiger partial charge in [-0.3, -0.25) is 9.78 Å². The molecule has 3 heterocycles. The van der Waals surface area contributed by atoms with Crippen LogP contribution in [0.3, 0.4) is 0 Å². The molecule has 0 radical (unpaired) electrons. The van der Waals surface area contributed by atoms with E-state index in [1.54, 1.807) is 4.90 Å². The van der Waals surface area contributed by atoms with Gasteiger partial charge in [-0.25, -0.2) is 13.8 Å². The minimum absolute atomic E-state index is 0.211. The fourth-order valence-corrected chi connectivity index (χ4v) is 5.87. The smallest absolute Gasteiger partial charge is 0.307 e. The lowest BCUT2D eigenvalue weighted by Crippen LogP contribution is -2.56. The highest BCUT2D eigenvalue weighted by Crippen LogP contribution is 2.40. The van der Waals surface area contributed by atoms with Crippen molar-refractivity contribution < 1.29 is 23.4 Å². The average Bonchev–Trinajstić information content (AvgIpc) is 3.28. The number of anilines is 1.